The van der Waals surface area contributed by atoms with E-state index in [0.29, 0.717) is 10.9 Å². The number of benzene rings is 1. The van der Waals surface area contributed by atoms with Crippen molar-refractivity contribution in [3.8, 4) is 5.88 Å². The number of hydrogen-bond donors (Lipinski definition) is 1. The van der Waals surface area contributed by atoms with Gasteiger partial charge in [0.25, 0.3) is 0 Å². The minimum absolute atomic E-state index is 0.0663. The lowest BCUT2D eigenvalue weighted by atomic mass is 10.4. The predicted octanol–water partition coefficient (Wildman–Crippen LogP) is 2.04. The summed E-state index contributed by atoms with van der Waals surface area (Å²) in [6.07, 6.45) is 0. The molecule has 5 heteroatoms. The van der Waals surface area contributed by atoms with E-state index in [2.05, 4.69) is 15.2 Å². The fraction of sp³-hybridized carbons (Fsp3) is 0.100. The van der Waals surface area contributed by atoms with Crippen LogP contribution < -0.4 is 0 Å². The zero-order chi connectivity index (χ0) is 10.7. The van der Waals surface area contributed by atoms with E-state index in [9.17, 15) is 5.11 Å². The van der Waals surface area contributed by atoms with Crippen molar-refractivity contribution >= 4 is 11.8 Å². The molecule has 0 aliphatic carbocycles. The molecule has 1 aromatic heterocycles. The topological polar surface area (TPSA) is 58.9 Å². The van der Waals surface area contributed by atoms with Crippen molar-refractivity contribution in [2.75, 3.05) is 0 Å². The molecule has 4 nitrogen and oxygen atoms in total. The van der Waals surface area contributed by atoms with Crippen LogP contribution in [0.25, 0.3) is 0 Å². The normalized spacial score (nSPS) is 10.2. The first-order chi connectivity index (χ1) is 7.25. The van der Waals surface area contributed by atoms with Gasteiger partial charge in [-0.25, -0.2) is 0 Å². The molecule has 1 heterocycles. The Morgan fingerprint density at radius 1 is 1.13 bits per heavy atom. The molecule has 0 saturated carbocycles. The van der Waals surface area contributed by atoms with Gasteiger partial charge in [0.05, 0.1) is 0 Å². The molecule has 0 spiro atoms. The maximum absolute atomic E-state index is 9.35. The van der Waals surface area contributed by atoms with Crippen LogP contribution in [0.4, 0.5) is 0 Å². The summed E-state index contributed by atoms with van der Waals surface area (Å²) >= 11 is 1.37. The van der Waals surface area contributed by atoms with Crippen molar-refractivity contribution in [2.24, 2.45) is 0 Å². The van der Waals surface area contributed by atoms with E-state index in [1.165, 1.54) is 11.8 Å². The first kappa shape index (κ1) is 9.92. The van der Waals surface area contributed by atoms with Gasteiger partial charge >= 0.3 is 0 Å². The molecule has 2 aromatic rings. The van der Waals surface area contributed by atoms with E-state index < -0.39 is 0 Å². The Bertz CT molecular complexity index is 461. The van der Waals surface area contributed by atoms with Gasteiger partial charge in [-0.1, -0.05) is 18.2 Å². The number of nitrogens with zero attached hydrogens (tertiary/aromatic N) is 3. The number of hydrogen-bond acceptors (Lipinski definition) is 5. The Kier molecular flexibility index (Phi) is 2.82. The van der Waals surface area contributed by atoms with Gasteiger partial charge in [0.2, 0.25) is 11.0 Å². The Hall–Kier alpha value is -1.62. The van der Waals surface area contributed by atoms with Crippen LogP contribution in [0.1, 0.15) is 5.69 Å². The first-order valence-corrected chi connectivity index (χ1v) is 5.20. The van der Waals surface area contributed by atoms with Crippen molar-refractivity contribution in [3.05, 3.63) is 36.0 Å². The highest BCUT2D eigenvalue weighted by Crippen LogP contribution is 2.24. The summed E-state index contributed by atoms with van der Waals surface area (Å²) < 4.78 is 0. The van der Waals surface area contributed by atoms with E-state index in [0.717, 1.165) is 4.90 Å². The second-order valence-corrected chi connectivity index (χ2v) is 3.96. The molecular weight excluding hydrogens is 210 g/mol. The first-order valence-electron chi connectivity index (χ1n) is 4.39. The molecule has 15 heavy (non-hydrogen) atoms. The van der Waals surface area contributed by atoms with Crippen LogP contribution in [0, 0.1) is 6.92 Å². The summed E-state index contributed by atoms with van der Waals surface area (Å²) in [5.74, 6) is -0.0663. The average Bonchev–Trinajstić information content (AvgIpc) is 2.25. The number of aromatic nitrogens is 3. The number of aryl methyl sites for hydroxylation is 1. The molecule has 1 N–H and O–H groups in total. The molecule has 0 amide bonds. The molecule has 0 radical (unpaired) electrons. The zero-order valence-electron chi connectivity index (χ0n) is 8.08. The fourth-order valence-corrected chi connectivity index (χ4v) is 1.71. The molecule has 2 rings (SSSR count). The van der Waals surface area contributed by atoms with Crippen LogP contribution in [0.5, 0.6) is 5.88 Å². The summed E-state index contributed by atoms with van der Waals surface area (Å²) in [4.78, 5) is 4.93. The molecule has 0 atom stereocenters. The van der Waals surface area contributed by atoms with Crippen molar-refractivity contribution in [3.63, 3.8) is 0 Å². The largest absolute Gasteiger partial charge is 0.492 e. The molecule has 0 aliphatic heterocycles. The second-order valence-electron chi connectivity index (χ2n) is 2.92. The summed E-state index contributed by atoms with van der Waals surface area (Å²) in [6.45, 7) is 1.66. The maximum atomic E-state index is 9.35. The lowest BCUT2D eigenvalue weighted by molar-refractivity contribution is 0.432. The predicted molar refractivity (Wildman–Crippen MR) is 56.8 cm³/mol. The minimum Gasteiger partial charge on any atom is -0.492 e. The molecule has 0 aliphatic rings. The lowest BCUT2D eigenvalue weighted by Gasteiger charge is -2.00. The Morgan fingerprint density at radius 3 is 2.53 bits per heavy atom. The summed E-state index contributed by atoms with van der Waals surface area (Å²) in [5.41, 5.74) is 0.437. The zero-order valence-corrected chi connectivity index (χ0v) is 8.90. The Balaban J connectivity index is 2.22. The van der Waals surface area contributed by atoms with Gasteiger partial charge in [-0.15, -0.1) is 10.2 Å². The van der Waals surface area contributed by atoms with Crippen LogP contribution in [0.3, 0.4) is 0 Å². The van der Waals surface area contributed by atoms with Crippen LogP contribution in [-0.2, 0) is 0 Å². The van der Waals surface area contributed by atoms with Gasteiger partial charge in [0.1, 0.15) is 5.69 Å². The maximum Gasteiger partial charge on any atom is 0.237 e. The third-order valence-electron chi connectivity index (χ3n) is 1.76. The average molecular weight is 219 g/mol. The van der Waals surface area contributed by atoms with Crippen molar-refractivity contribution in [2.45, 2.75) is 17.0 Å². The van der Waals surface area contributed by atoms with Crippen LogP contribution in [-0.4, -0.2) is 20.3 Å². The van der Waals surface area contributed by atoms with Gasteiger partial charge in [-0.2, -0.15) is 4.98 Å². The minimum atomic E-state index is -0.0663. The Labute approximate surface area is 91.4 Å². The molecule has 0 bridgehead atoms. The van der Waals surface area contributed by atoms with Crippen LogP contribution in [0.15, 0.2) is 40.4 Å². The standard InChI is InChI=1S/C10H9N3OS/c1-7-9(14)11-10(13-12-7)15-8-5-3-2-4-6-8/h2-6H,1H3,(H,11,13,14). The fourth-order valence-electron chi connectivity index (χ4n) is 0.994. The molecule has 0 unspecified atom stereocenters. The van der Waals surface area contributed by atoms with Crippen molar-refractivity contribution < 1.29 is 5.11 Å². The van der Waals surface area contributed by atoms with E-state index in [1.54, 1.807) is 6.92 Å². The molecule has 0 fully saturated rings. The summed E-state index contributed by atoms with van der Waals surface area (Å²) in [6, 6.07) is 9.71. The van der Waals surface area contributed by atoms with Gasteiger partial charge in [0, 0.05) is 4.90 Å². The van der Waals surface area contributed by atoms with Gasteiger partial charge in [-0.05, 0) is 30.8 Å². The summed E-state index contributed by atoms with van der Waals surface area (Å²) in [7, 11) is 0. The van der Waals surface area contributed by atoms with E-state index in [1.807, 2.05) is 30.3 Å². The van der Waals surface area contributed by atoms with Gasteiger partial charge in [0.15, 0.2) is 0 Å². The van der Waals surface area contributed by atoms with Gasteiger partial charge < -0.3 is 5.11 Å². The monoisotopic (exact) mass is 219 g/mol. The number of rotatable bonds is 2. The Morgan fingerprint density at radius 2 is 1.87 bits per heavy atom. The molecular formula is C10H9N3OS. The summed E-state index contributed by atoms with van der Waals surface area (Å²) in [5, 5.41) is 17.5. The smallest absolute Gasteiger partial charge is 0.237 e. The number of aromatic hydroxyl groups is 1. The van der Waals surface area contributed by atoms with Crippen LogP contribution >= 0.6 is 11.8 Å². The third kappa shape index (κ3) is 2.44. The highest BCUT2D eigenvalue weighted by molar-refractivity contribution is 7.99. The highest BCUT2D eigenvalue weighted by atomic mass is 32.2. The van der Waals surface area contributed by atoms with Crippen molar-refractivity contribution in [1.29, 1.82) is 0 Å². The molecule has 1 aromatic carbocycles. The van der Waals surface area contributed by atoms with Crippen LogP contribution in [0.2, 0.25) is 0 Å². The van der Waals surface area contributed by atoms with E-state index in [-0.39, 0.29) is 5.88 Å². The highest BCUT2D eigenvalue weighted by Gasteiger charge is 2.04. The van der Waals surface area contributed by atoms with Gasteiger partial charge in [-0.3, -0.25) is 0 Å². The van der Waals surface area contributed by atoms with E-state index in [4.69, 9.17) is 0 Å². The van der Waals surface area contributed by atoms with Crippen molar-refractivity contribution in [1.82, 2.24) is 15.2 Å². The quantitative estimate of drug-likeness (QED) is 0.837. The lowest BCUT2D eigenvalue weighted by Crippen LogP contribution is -1.93. The second kappa shape index (κ2) is 4.27. The molecule has 76 valence electrons. The SMILES string of the molecule is Cc1nnc(Sc2ccccc2)nc1O. The third-order valence-corrected chi connectivity index (χ3v) is 2.63. The van der Waals surface area contributed by atoms with E-state index >= 15 is 0 Å². The molecule has 0 saturated heterocycles.